The summed E-state index contributed by atoms with van der Waals surface area (Å²) in [5, 5.41) is 0. The summed E-state index contributed by atoms with van der Waals surface area (Å²) in [4.78, 5) is 5.18. The van der Waals surface area contributed by atoms with Crippen molar-refractivity contribution in [1.82, 2.24) is 4.90 Å². The Labute approximate surface area is 176 Å². The number of likely N-dealkylation sites (tertiary alicyclic amines) is 1. The van der Waals surface area contributed by atoms with Crippen LogP contribution in [0.15, 0.2) is 42.5 Å². The molecule has 0 bridgehead atoms. The van der Waals surface area contributed by atoms with Crippen molar-refractivity contribution in [1.29, 1.82) is 0 Å². The minimum Gasteiger partial charge on any atom is -0.493 e. The summed E-state index contributed by atoms with van der Waals surface area (Å²) in [5.74, 6) is 1.06. The number of hydrogen-bond acceptors (Lipinski definition) is 3. The molecular formula is C26H36N2O. The number of rotatable bonds is 7. The molecular weight excluding hydrogens is 356 g/mol. The highest BCUT2D eigenvalue weighted by molar-refractivity contribution is 5.82. The molecule has 2 saturated heterocycles. The van der Waals surface area contributed by atoms with Gasteiger partial charge in [-0.3, -0.25) is 0 Å². The van der Waals surface area contributed by atoms with Crippen LogP contribution in [0.1, 0.15) is 50.5 Å². The molecule has 3 nitrogen and oxygen atoms in total. The fraction of sp³-hybridized carbons (Fsp3) is 0.538. The molecule has 0 aromatic heterocycles. The molecule has 2 aliphatic rings. The highest BCUT2D eigenvalue weighted by Gasteiger charge is 2.20. The van der Waals surface area contributed by atoms with Gasteiger partial charge in [-0.05, 0) is 76.2 Å². The summed E-state index contributed by atoms with van der Waals surface area (Å²) in [6.07, 6.45) is 9.16. The minimum absolute atomic E-state index is 0.807. The maximum atomic E-state index is 6.30. The fourth-order valence-electron chi connectivity index (χ4n) is 4.87. The van der Waals surface area contributed by atoms with E-state index in [2.05, 4.69) is 59.2 Å². The second kappa shape index (κ2) is 10.2. The van der Waals surface area contributed by atoms with Gasteiger partial charge in [0.2, 0.25) is 0 Å². The predicted octanol–water partition coefficient (Wildman–Crippen LogP) is 5.91. The number of hydrogen-bond donors (Lipinski definition) is 0. The van der Waals surface area contributed by atoms with Crippen molar-refractivity contribution in [2.24, 2.45) is 0 Å². The Hall–Kier alpha value is -2.00. The predicted molar refractivity (Wildman–Crippen MR) is 123 cm³/mol. The van der Waals surface area contributed by atoms with Gasteiger partial charge in [0, 0.05) is 30.8 Å². The van der Waals surface area contributed by atoms with E-state index in [-0.39, 0.29) is 0 Å². The van der Waals surface area contributed by atoms with E-state index in [9.17, 15) is 0 Å². The van der Waals surface area contributed by atoms with E-state index < -0.39 is 0 Å². The zero-order valence-electron chi connectivity index (χ0n) is 18.0. The summed E-state index contributed by atoms with van der Waals surface area (Å²) in [6.45, 7) is 9.06. The normalized spacial score (nSPS) is 18.0. The van der Waals surface area contributed by atoms with Crippen LogP contribution in [-0.2, 0) is 0 Å². The number of anilines is 1. The van der Waals surface area contributed by atoms with Crippen LogP contribution in [0.5, 0.6) is 5.75 Å². The molecule has 2 aromatic rings. The maximum Gasteiger partial charge on any atom is 0.124 e. The first-order valence-corrected chi connectivity index (χ1v) is 11.6. The van der Waals surface area contributed by atoms with Gasteiger partial charge in [0.15, 0.2) is 0 Å². The third-order valence-electron chi connectivity index (χ3n) is 6.46. The van der Waals surface area contributed by atoms with Gasteiger partial charge >= 0.3 is 0 Å². The van der Waals surface area contributed by atoms with E-state index in [1.54, 1.807) is 0 Å². The van der Waals surface area contributed by atoms with Gasteiger partial charge in [0.25, 0.3) is 0 Å². The molecule has 0 amide bonds. The molecule has 2 fully saturated rings. The molecule has 2 heterocycles. The van der Waals surface area contributed by atoms with Gasteiger partial charge in [-0.15, -0.1) is 0 Å². The van der Waals surface area contributed by atoms with Crippen LogP contribution in [0.3, 0.4) is 0 Å². The van der Waals surface area contributed by atoms with Crippen molar-refractivity contribution >= 4 is 5.69 Å². The largest absolute Gasteiger partial charge is 0.493 e. The second-order valence-corrected chi connectivity index (χ2v) is 8.60. The molecule has 0 spiro atoms. The number of piperidine rings is 2. The highest BCUT2D eigenvalue weighted by atomic mass is 16.5. The SMILES string of the molecule is Cc1c(OCCCN2CCCCC2)ccc(-c2ccccc2)c1N1CCCCC1. The van der Waals surface area contributed by atoms with Gasteiger partial charge in [0.05, 0.1) is 12.3 Å². The maximum absolute atomic E-state index is 6.30. The molecule has 0 atom stereocenters. The van der Waals surface area contributed by atoms with Crippen molar-refractivity contribution in [3.05, 3.63) is 48.0 Å². The van der Waals surface area contributed by atoms with Gasteiger partial charge in [-0.25, -0.2) is 0 Å². The standard InChI is InChI=1S/C26H36N2O/c1-22-25(29-21-11-18-27-16-7-3-8-17-27)15-14-24(23-12-5-2-6-13-23)26(22)28-19-9-4-10-20-28/h2,5-6,12-15H,3-4,7-11,16-21H2,1H3. The summed E-state index contributed by atoms with van der Waals surface area (Å²) >= 11 is 0. The fourth-order valence-corrected chi connectivity index (χ4v) is 4.87. The highest BCUT2D eigenvalue weighted by Crippen LogP contribution is 2.39. The molecule has 0 aliphatic carbocycles. The summed E-state index contributed by atoms with van der Waals surface area (Å²) in [6, 6.07) is 15.3. The van der Waals surface area contributed by atoms with Gasteiger partial charge < -0.3 is 14.5 Å². The lowest BCUT2D eigenvalue weighted by Gasteiger charge is -2.33. The van der Waals surface area contributed by atoms with E-state index in [0.29, 0.717) is 0 Å². The summed E-state index contributed by atoms with van der Waals surface area (Å²) in [5.41, 5.74) is 5.31. The van der Waals surface area contributed by atoms with Crippen molar-refractivity contribution in [2.75, 3.05) is 44.2 Å². The summed E-state index contributed by atoms with van der Waals surface area (Å²) < 4.78 is 6.30. The van der Waals surface area contributed by atoms with Crippen molar-refractivity contribution in [3.8, 4) is 16.9 Å². The zero-order valence-corrected chi connectivity index (χ0v) is 18.0. The van der Waals surface area contributed by atoms with Crippen molar-refractivity contribution in [3.63, 3.8) is 0 Å². The van der Waals surface area contributed by atoms with E-state index in [1.807, 2.05) is 0 Å². The van der Waals surface area contributed by atoms with Crippen molar-refractivity contribution < 1.29 is 4.74 Å². The van der Waals surface area contributed by atoms with E-state index in [4.69, 9.17) is 4.74 Å². The molecule has 3 heteroatoms. The van der Waals surface area contributed by atoms with Crippen LogP contribution >= 0.6 is 0 Å². The molecule has 0 N–H and O–H groups in total. The molecule has 2 aliphatic heterocycles. The lowest BCUT2D eigenvalue weighted by atomic mass is 9.97. The van der Waals surface area contributed by atoms with Crippen LogP contribution < -0.4 is 9.64 Å². The Morgan fingerprint density at radius 1 is 0.793 bits per heavy atom. The molecule has 0 unspecified atom stereocenters. The van der Waals surface area contributed by atoms with Gasteiger partial charge in [-0.1, -0.05) is 36.8 Å². The van der Waals surface area contributed by atoms with E-state index in [0.717, 1.165) is 31.9 Å². The monoisotopic (exact) mass is 392 g/mol. The van der Waals surface area contributed by atoms with Crippen LogP contribution in [0.25, 0.3) is 11.1 Å². The average molecular weight is 393 g/mol. The van der Waals surface area contributed by atoms with Crippen LogP contribution in [0.2, 0.25) is 0 Å². The molecule has 156 valence electrons. The number of nitrogens with zero attached hydrogens (tertiary/aromatic N) is 2. The van der Waals surface area contributed by atoms with E-state index in [1.165, 1.54) is 80.5 Å². The van der Waals surface area contributed by atoms with Gasteiger partial charge in [0.1, 0.15) is 5.75 Å². The van der Waals surface area contributed by atoms with E-state index >= 15 is 0 Å². The van der Waals surface area contributed by atoms with Crippen molar-refractivity contribution in [2.45, 2.75) is 51.9 Å². The average Bonchev–Trinajstić information content (AvgIpc) is 2.79. The lowest BCUT2D eigenvalue weighted by molar-refractivity contribution is 0.204. The van der Waals surface area contributed by atoms with Crippen LogP contribution in [-0.4, -0.2) is 44.2 Å². The zero-order chi connectivity index (χ0) is 19.9. The Morgan fingerprint density at radius 3 is 2.21 bits per heavy atom. The Balaban J connectivity index is 1.49. The molecule has 29 heavy (non-hydrogen) atoms. The quantitative estimate of drug-likeness (QED) is 0.545. The Bertz CT molecular complexity index is 762. The third kappa shape index (κ3) is 5.14. The smallest absolute Gasteiger partial charge is 0.124 e. The third-order valence-corrected chi connectivity index (χ3v) is 6.46. The summed E-state index contributed by atoms with van der Waals surface area (Å²) in [7, 11) is 0. The van der Waals surface area contributed by atoms with Crippen LogP contribution in [0.4, 0.5) is 5.69 Å². The topological polar surface area (TPSA) is 15.7 Å². The Kier molecular flexibility index (Phi) is 7.10. The second-order valence-electron chi connectivity index (χ2n) is 8.60. The molecule has 0 saturated carbocycles. The first kappa shape index (κ1) is 20.3. The Morgan fingerprint density at radius 2 is 1.48 bits per heavy atom. The molecule has 2 aromatic carbocycles. The van der Waals surface area contributed by atoms with Gasteiger partial charge in [-0.2, -0.15) is 0 Å². The number of ether oxygens (including phenoxy) is 1. The minimum atomic E-state index is 0.807. The first-order chi connectivity index (χ1) is 14.3. The lowest BCUT2D eigenvalue weighted by Crippen LogP contribution is -2.31. The van der Waals surface area contributed by atoms with Crippen LogP contribution in [0, 0.1) is 6.92 Å². The molecule has 0 radical (unpaired) electrons. The first-order valence-electron chi connectivity index (χ1n) is 11.6. The molecule has 4 rings (SSSR count). The number of benzene rings is 2.